The Morgan fingerprint density at radius 1 is 1.19 bits per heavy atom. The minimum atomic E-state index is 0.0742. The Hall–Kier alpha value is -1.92. The topological polar surface area (TPSA) is 51.7 Å². The van der Waals surface area contributed by atoms with Crippen molar-refractivity contribution in [1.82, 2.24) is 9.88 Å². The van der Waals surface area contributed by atoms with Crippen LogP contribution in [0.4, 0.5) is 0 Å². The average Bonchev–Trinajstić information content (AvgIpc) is 3.21. The standard InChI is InChI=1S/C19H19ClN2O3S/c20-15-9-13(10-16-18(15)25-8-7-24-16)12-26-17-4-3-14(11-21-17)19(23)22-5-1-2-6-22/h3-4,9-11H,1-2,5-8,12H2. The summed E-state index contributed by atoms with van der Waals surface area (Å²) < 4.78 is 11.1. The molecule has 2 aliphatic rings. The molecule has 2 aliphatic heterocycles. The van der Waals surface area contributed by atoms with Gasteiger partial charge in [0, 0.05) is 25.0 Å². The van der Waals surface area contributed by atoms with Gasteiger partial charge in [-0.15, -0.1) is 11.8 Å². The van der Waals surface area contributed by atoms with E-state index in [0.29, 0.717) is 41.1 Å². The monoisotopic (exact) mass is 390 g/mol. The van der Waals surface area contributed by atoms with Gasteiger partial charge in [-0.3, -0.25) is 4.79 Å². The second-order valence-electron chi connectivity index (χ2n) is 6.27. The van der Waals surface area contributed by atoms with Crippen LogP contribution in [-0.4, -0.2) is 42.1 Å². The van der Waals surface area contributed by atoms with Crippen LogP contribution in [0.2, 0.25) is 5.02 Å². The first-order valence-corrected chi connectivity index (χ1v) is 10.0. The molecule has 26 heavy (non-hydrogen) atoms. The van der Waals surface area contributed by atoms with E-state index in [1.54, 1.807) is 18.0 Å². The summed E-state index contributed by atoms with van der Waals surface area (Å²) in [5, 5.41) is 1.44. The van der Waals surface area contributed by atoms with Crippen LogP contribution < -0.4 is 9.47 Å². The van der Waals surface area contributed by atoms with Crippen LogP contribution >= 0.6 is 23.4 Å². The molecule has 0 spiro atoms. The van der Waals surface area contributed by atoms with Gasteiger partial charge in [0.25, 0.3) is 5.91 Å². The van der Waals surface area contributed by atoms with Crippen molar-refractivity contribution in [3.05, 3.63) is 46.6 Å². The molecule has 0 atom stereocenters. The first-order chi connectivity index (χ1) is 12.7. The smallest absolute Gasteiger partial charge is 0.255 e. The quantitative estimate of drug-likeness (QED) is 0.737. The fourth-order valence-electron chi connectivity index (χ4n) is 3.10. The summed E-state index contributed by atoms with van der Waals surface area (Å²) in [7, 11) is 0. The lowest BCUT2D eigenvalue weighted by atomic mass is 10.2. The van der Waals surface area contributed by atoms with Gasteiger partial charge < -0.3 is 14.4 Å². The normalized spacial score (nSPS) is 16.0. The highest BCUT2D eigenvalue weighted by atomic mass is 35.5. The van der Waals surface area contributed by atoms with Gasteiger partial charge in [-0.05, 0) is 42.7 Å². The molecule has 0 radical (unpaired) electrons. The fourth-order valence-corrected chi connectivity index (χ4v) is 4.16. The third-order valence-corrected chi connectivity index (χ3v) is 5.72. The Morgan fingerprint density at radius 3 is 2.77 bits per heavy atom. The van der Waals surface area contributed by atoms with E-state index >= 15 is 0 Å². The van der Waals surface area contributed by atoms with Gasteiger partial charge in [-0.2, -0.15) is 0 Å². The Bertz CT molecular complexity index is 807. The van der Waals surface area contributed by atoms with Gasteiger partial charge in [0.15, 0.2) is 11.5 Å². The average molecular weight is 391 g/mol. The van der Waals surface area contributed by atoms with Crippen LogP contribution in [0.15, 0.2) is 35.5 Å². The number of benzene rings is 1. The number of rotatable bonds is 4. The minimum absolute atomic E-state index is 0.0742. The van der Waals surface area contributed by atoms with Crippen molar-refractivity contribution in [3.63, 3.8) is 0 Å². The first kappa shape index (κ1) is 17.5. The number of thioether (sulfide) groups is 1. The summed E-state index contributed by atoms with van der Waals surface area (Å²) in [6.45, 7) is 2.75. The highest BCUT2D eigenvalue weighted by Gasteiger charge is 2.20. The van der Waals surface area contributed by atoms with Crippen LogP contribution in [0.1, 0.15) is 28.8 Å². The predicted molar refractivity (Wildman–Crippen MR) is 101 cm³/mol. The molecule has 1 saturated heterocycles. The lowest BCUT2D eigenvalue weighted by Crippen LogP contribution is -2.27. The summed E-state index contributed by atoms with van der Waals surface area (Å²) in [5.74, 6) is 2.10. The van der Waals surface area contributed by atoms with Crippen molar-refractivity contribution in [1.29, 1.82) is 0 Å². The summed E-state index contributed by atoms with van der Waals surface area (Å²) >= 11 is 7.87. The molecule has 1 aromatic heterocycles. The predicted octanol–water partition coefficient (Wildman–Crippen LogP) is 4.03. The fraction of sp³-hybridized carbons (Fsp3) is 0.368. The summed E-state index contributed by atoms with van der Waals surface area (Å²) in [6.07, 6.45) is 3.84. The molecule has 5 nitrogen and oxygen atoms in total. The van der Waals surface area contributed by atoms with Crippen LogP contribution in [-0.2, 0) is 5.75 Å². The molecule has 0 unspecified atom stereocenters. The Labute approximate surface area is 161 Å². The number of amides is 1. The molecule has 7 heteroatoms. The van der Waals surface area contributed by atoms with Gasteiger partial charge in [0.05, 0.1) is 15.6 Å². The van der Waals surface area contributed by atoms with Crippen molar-refractivity contribution in [2.45, 2.75) is 23.6 Å². The van der Waals surface area contributed by atoms with Crippen molar-refractivity contribution in [2.75, 3.05) is 26.3 Å². The third-order valence-electron chi connectivity index (χ3n) is 4.42. The van der Waals surface area contributed by atoms with Gasteiger partial charge >= 0.3 is 0 Å². The molecule has 0 aliphatic carbocycles. The number of nitrogens with zero attached hydrogens (tertiary/aromatic N) is 2. The molecule has 4 rings (SSSR count). The summed E-state index contributed by atoms with van der Waals surface area (Å²) in [6, 6.07) is 7.60. The number of halogens is 1. The Kier molecular flexibility index (Phi) is 5.22. The van der Waals surface area contributed by atoms with Gasteiger partial charge in [-0.1, -0.05) is 11.6 Å². The van der Waals surface area contributed by atoms with Gasteiger partial charge in [-0.25, -0.2) is 4.98 Å². The number of carbonyl (C=O) groups excluding carboxylic acids is 1. The van der Waals surface area contributed by atoms with E-state index < -0.39 is 0 Å². The SMILES string of the molecule is O=C(c1ccc(SCc2cc(Cl)c3c(c2)OCCO3)nc1)N1CCCC1. The molecular formula is C19H19ClN2O3S. The van der Waals surface area contributed by atoms with E-state index in [1.165, 1.54) is 0 Å². The number of ether oxygens (including phenoxy) is 2. The largest absolute Gasteiger partial charge is 0.486 e. The summed E-state index contributed by atoms with van der Waals surface area (Å²) in [5.41, 5.74) is 1.70. The maximum atomic E-state index is 12.4. The van der Waals surface area contributed by atoms with E-state index in [9.17, 15) is 4.79 Å². The molecule has 1 aromatic carbocycles. The van der Waals surface area contributed by atoms with Crippen molar-refractivity contribution in [3.8, 4) is 11.5 Å². The van der Waals surface area contributed by atoms with E-state index in [4.69, 9.17) is 21.1 Å². The van der Waals surface area contributed by atoms with E-state index in [1.807, 2.05) is 29.2 Å². The molecule has 0 N–H and O–H groups in total. The molecule has 1 fully saturated rings. The number of hydrogen-bond donors (Lipinski definition) is 0. The zero-order chi connectivity index (χ0) is 17.9. The second-order valence-corrected chi connectivity index (χ2v) is 7.68. The number of likely N-dealkylation sites (tertiary alicyclic amines) is 1. The molecule has 136 valence electrons. The zero-order valence-corrected chi connectivity index (χ0v) is 15.8. The van der Waals surface area contributed by atoms with Crippen LogP contribution in [0.25, 0.3) is 0 Å². The molecule has 1 amide bonds. The minimum Gasteiger partial charge on any atom is -0.486 e. The molecule has 0 bridgehead atoms. The number of fused-ring (bicyclic) bond motifs is 1. The number of aromatic nitrogens is 1. The molecule has 3 heterocycles. The van der Waals surface area contributed by atoms with Crippen LogP contribution in [0.5, 0.6) is 11.5 Å². The molecular weight excluding hydrogens is 372 g/mol. The Morgan fingerprint density at radius 2 is 2.00 bits per heavy atom. The van der Waals surface area contributed by atoms with E-state index in [0.717, 1.165) is 36.5 Å². The van der Waals surface area contributed by atoms with Crippen LogP contribution in [0, 0.1) is 0 Å². The van der Waals surface area contributed by atoms with Crippen molar-refractivity contribution < 1.29 is 14.3 Å². The lowest BCUT2D eigenvalue weighted by Gasteiger charge is -2.20. The number of pyridine rings is 1. The van der Waals surface area contributed by atoms with Crippen molar-refractivity contribution >= 4 is 29.3 Å². The second kappa shape index (κ2) is 7.76. The zero-order valence-electron chi connectivity index (χ0n) is 14.2. The van der Waals surface area contributed by atoms with E-state index in [-0.39, 0.29) is 5.91 Å². The number of carbonyl (C=O) groups is 1. The first-order valence-electron chi connectivity index (χ1n) is 8.67. The summed E-state index contributed by atoms with van der Waals surface area (Å²) in [4.78, 5) is 18.7. The van der Waals surface area contributed by atoms with Gasteiger partial charge in [0.1, 0.15) is 13.2 Å². The molecule has 2 aromatic rings. The van der Waals surface area contributed by atoms with E-state index in [2.05, 4.69) is 4.98 Å². The third kappa shape index (κ3) is 3.76. The van der Waals surface area contributed by atoms with Gasteiger partial charge in [0.2, 0.25) is 0 Å². The maximum absolute atomic E-state index is 12.4. The maximum Gasteiger partial charge on any atom is 0.255 e. The number of hydrogen-bond acceptors (Lipinski definition) is 5. The lowest BCUT2D eigenvalue weighted by molar-refractivity contribution is 0.0792. The van der Waals surface area contributed by atoms with Crippen LogP contribution in [0.3, 0.4) is 0 Å². The highest BCUT2D eigenvalue weighted by Crippen LogP contribution is 2.39. The van der Waals surface area contributed by atoms with Crippen molar-refractivity contribution in [2.24, 2.45) is 0 Å². The molecule has 0 saturated carbocycles. The highest BCUT2D eigenvalue weighted by molar-refractivity contribution is 7.98. The Balaban J connectivity index is 1.40.